The van der Waals surface area contributed by atoms with Crippen molar-refractivity contribution >= 4 is 5.91 Å². The van der Waals surface area contributed by atoms with E-state index in [0.717, 1.165) is 39.1 Å². The predicted molar refractivity (Wildman–Crippen MR) is 62.2 cm³/mol. The average Bonchev–Trinajstić information content (AvgIpc) is 2.98. The highest BCUT2D eigenvalue weighted by Crippen LogP contribution is 2.23. The smallest absolute Gasteiger partial charge is 0.227 e. The molecule has 0 radical (unpaired) electrons. The van der Waals surface area contributed by atoms with Crippen molar-refractivity contribution in [2.24, 2.45) is 5.92 Å². The predicted octanol–water partition coefficient (Wildman–Crippen LogP) is -0.0975. The molecule has 0 aromatic carbocycles. The number of nitrogens with one attached hydrogen (secondary N) is 1. The Morgan fingerprint density at radius 3 is 2.94 bits per heavy atom. The average molecular weight is 223 g/mol. The van der Waals surface area contributed by atoms with Crippen LogP contribution in [0.15, 0.2) is 0 Å². The lowest BCUT2D eigenvalue weighted by atomic mass is 10.1. The maximum absolute atomic E-state index is 12.3. The van der Waals surface area contributed by atoms with Gasteiger partial charge in [-0.3, -0.25) is 9.69 Å². The van der Waals surface area contributed by atoms with E-state index < -0.39 is 0 Å². The molecule has 2 unspecified atom stereocenters. The number of hydrogen-bond acceptors (Lipinski definition) is 3. The van der Waals surface area contributed by atoms with Gasteiger partial charge in [-0.2, -0.15) is 0 Å². The first-order valence-corrected chi connectivity index (χ1v) is 6.58. The molecule has 0 spiro atoms. The van der Waals surface area contributed by atoms with Gasteiger partial charge in [-0.05, 0) is 32.4 Å². The van der Waals surface area contributed by atoms with Crippen LogP contribution in [0.1, 0.15) is 19.3 Å². The van der Waals surface area contributed by atoms with Crippen LogP contribution in [0.4, 0.5) is 0 Å². The summed E-state index contributed by atoms with van der Waals surface area (Å²) in [5.41, 5.74) is 0. The quantitative estimate of drug-likeness (QED) is 0.674. The van der Waals surface area contributed by atoms with Gasteiger partial charge in [0.15, 0.2) is 0 Å². The molecule has 3 aliphatic rings. The molecule has 4 heteroatoms. The second kappa shape index (κ2) is 4.34. The highest BCUT2D eigenvalue weighted by Gasteiger charge is 2.35. The maximum atomic E-state index is 12.3. The molecule has 0 bridgehead atoms. The summed E-state index contributed by atoms with van der Waals surface area (Å²) >= 11 is 0. The van der Waals surface area contributed by atoms with Crippen LogP contribution < -0.4 is 5.32 Å². The van der Waals surface area contributed by atoms with Crippen molar-refractivity contribution in [3.05, 3.63) is 0 Å². The molecular weight excluding hydrogens is 202 g/mol. The van der Waals surface area contributed by atoms with Crippen LogP contribution in [0.5, 0.6) is 0 Å². The molecular formula is C12H21N3O. The summed E-state index contributed by atoms with van der Waals surface area (Å²) < 4.78 is 0. The van der Waals surface area contributed by atoms with Crippen LogP contribution in [0.25, 0.3) is 0 Å². The molecule has 1 amide bonds. The Balaban J connectivity index is 1.60. The van der Waals surface area contributed by atoms with E-state index in [0.29, 0.717) is 11.9 Å². The van der Waals surface area contributed by atoms with Gasteiger partial charge >= 0.3 is 0 Å². The molecule has 4 nitrogen and oxygen atoms in total. The number of carbonyl (C=O) groups is 1. The molecule has 90 valence electrons. The molecule has 1 N–H and O–H groups in total. The van der Waals surface area contributed by atoms with Crippen molar-refractivity contribution in [2.45, 2.75) is 25.3 Å². The fourth-order valence-corrected chi connectivity index (χ4v) is 3.31. The molecule has 16 heavy (non-hydrogen) atoms. The lowest BCUT2D eigenvalue weighted by molar-refractivity contribution is -0.137. The van der Waals surface area contributed by atoms with E-state index in [-0.39, 0.29) is 5.92 Å². The minimum atomic E-state index is 0.257. The van der Waals surface area contributed by atoms with E-state index in [1.807, 2.05) is 0 Å². The Kier molecular flexibility index (Phi) is 2.86. The summed E-state index contributed by atoms with van der Waals surface area (Å²) in [7, 11) is 0. The summed E-state index contributed by atoms with van der Waals surface area (Å²) in [6, 6.07) is 0.659. The van der Waals surface area contributed by atoms with E-state index in [2.05, 4.69) is 15.1 Å². The third-order valence-corrected chi connectivity index (χ3v) is 4.31. The van der Waals surface area contributed by atoms with Crippen LogP contribution >= 0.6 is 0 Å². The fourth-order valence-electron chi connectivity index (χ4n) is 3.31. The molecule has 3 fully saturated rings. The van der Waals surface area contributed by atoms with E-state index >= 15 is 0 Å². The highest BCUT2D eigenvalue weighted by atomic mass is 16.2. The SMILES string of the molecule is O=C(C1CCNC1)N1CCN2CCCC2C1. The lowest BCUT2D eigenvalue weighted by Crippen LogP contribution is -2.53. The van der Waals surface area contributed by atoms with Gasteiger partial charge in [0, 0.05) is 32.2 Å². The minimum Gasteiger partial charge on any atom is -0.340 e. The van der Waals surface area contributed by atoms with E-state index in [1.165, 1.54) is 19.4 Å². The first kappa shape index (κ1) is 10.5. The Labute approximate surface area is 97.0 Å². The summed E-state index contributed by atoms with van der Waals surface area (Å²) in [5.74, 6) is 0.657. The molecule has 0 aliphatic carbocycles. The standard InChI is InChI=1S/C12H21N3O/c16-12(10-3-4-13-8-10)15-7-6-14-5-1-2-11(14)9-15/h10-11,13H,1-9H2. The summed E-state index contributed by atoms with van der Waals surface area (Å²) in [5, 5.41) is 3.28. The number of rotatable bonds is 1. The number of hydrogen-bond donors (Lipinski definition) is 1. The third kappa shape index (κ3) is 1.84. The third-order valence-electron chi connectivity index (χ3n) is 4.31. The number of nitrogens with zero attached hydrogens (tertiary/aromatic N) is 2. The molecule has 3 aliphatic heterocycles. The zero-order valence-corrected chi connectivity index (χ0v) is 9.82. The van der Waals surface area contributed by atoms with Gasteiger partial charge in [0.25, 0.3) is 0 Å². The van der Waals surface area contributed by atoms with E-state index in [9.17, 15) is 4.79 Å². The molecule has 3 saturated heterocycles. The van der Waals surface area contributed by atoms with Crippen molar-refractivity contribution < 1.29 is 4.79 Å². The molecule has 3 rings (SSSR count). The van der Waals surface area contributed by atoms with Gasteiger partial charge in [-0.25, -0.2) is 0 Å². The van der Waals surface area contributed by atoms with Crippen LogP contribution in [0.2, 0.25) is 0 Å². The zero-order chi connectivity index (χ0) is 11.0. The van der Waals surface area contributed by atoms with Crippen molar-refractivity contribution in [1.29, 1.82) is 0 Å². The Bertz CT molecular complexity index is 275. The van der Waals surface area contributed by atoms with Crippen molar-refractivity contribution in [2.75, 3.05) is 39.3 Å². The molecule has 0 saturated carbocycles. The van der Waals surface area contributed by atoms with Crippen molar-refractivity contribution in [1.82, 2.24) is 15.1 Å². The van der Waals surface area contributed by atoms with Gasteiger partial charge < -0.3 is 10.2 Å². The van der Waals surface area contributed by atoms with Crippen molar-refractivity contribution in [3.8, 4) is 0 Å². The van der Waals surface area contributed by atoms with Crippen molar-refractivity contribution in [3.63, 3.8) is 0 Å². The Morgan fingerprint density at radius 1 is 1.19 bits per heavy atom. The summed E-state index contributed by atoms with van der Waals surface area (Å²) in [4.78, 5) is 16.9. The molecule has 3 heterocycles. The number of piperazine rings is 1. The van der Waals surface area contributed by atoms with Gasteiger partial charge in [-0.1, -0.05) is 0 Å². The Morgan fingerprint density at radius 2 is 2.12 bits per heavy atom. The van der Waals surface area contributed by atoms with Gasteiger partial charge in [0.05, 0.1) is 5.92 Å². The maximum Gasteiger partial charge on any atom is 0.227 e. The molecule has 2 atom stereocenters. The van der Waals surface area contributed by atoms with Gasteiger partial charge in [-0.15, -0.1) is 0 Å². The van der Waals surface area contributed by atoms with Crippen LogP contribution in [-0.2, 0) is 4.79 Å². The van der Waals surface area contributed by atoms with Crippen LogP contribution in [0.3, 0.4) is 0 Å². The zero-order valence-electron chi connectivity index (χ0n) is 9.82. The topological polar surface area (TPSA) is 35.6 Å². The summed E-state index contributed by atoms with van der Waals surface area (Å²) in [6.45, 7) is 6.18. The van der Waals surface area contributed by atoms with Crippen LogP contribution in [0, 0.1) is 5.92 Å². The minimum absolute atomic E-state index is 0.257. The first-order valence-electron chi connectivity index (χ1n) is 6.58. The van der Waals surface area contributed by atoms with E-state index in [4.69, 9.17) is 0 Å². The number of carbonyl (C=O) groups excluding carboxylic acids is 1. The van der Waals surface area contributed by atoms with Crippen LogP contribution in [-0.4, -0.2) is 61.0 Å². The van der Waals surface area contributed by atoms with Gasteiger partial charge in [0.2, 0.25) is 5.91 Å². The molecule has 0 aromatic rings. The monoisotopic (exact) mass is 223 g/mol. The molecule has 0 aromatic heterocycles. The number of fused-ring (bicyclic) bond motifs is 1. The normalized spacial score (nSPS) is 35.4. The first-order chi connectivity index (χ1) is 7.84. The second-order valence-corrected chi connectivity index (χ2v) is 5.31. The largest absolute Gasteiger partial charge is 0.340 e. The Hall–Kier alpha value is -0.610. The second-order valence-electron chi connectivity index (χ2n) is 5.31. The van der Waals surface area contributed by atoms with Gasteiger partial charge in [0.1, 0.15) is 0 Å². The summed E-state index contributed by atoms with van der Waals surface area (Å²) in [6.07, 6.45) is 3.63. The lowest BCUT2D eigenvalue weighted by Gasteiger charge is -2.38. The highest BCUT2D eigenvalue weighted by molar-refractivity contribution is 5.79. The van der Waals surface area contributed by atoms with E-state index in [1.54, 1.807) is 0 Å². The number of amides is 1. The fraction of sp³-hybridized carbons (Fsp3) is 0.917.